The molecule has 0 saturated heterocycles. The fourth-order valence-electron chi connectivity index (χ4n) is 2.59. The molecule has 0 atom stereocenters. The Hall–Kier alpha value is -2.54. The van der Waals surface area contributed by atoms with E-state index in [1.54, 1.807) is 22.9 Å². The van der Waals surface area contributed by atoms with Crippen LogP contribution >= 0.6 is 11.6 Å². The van der Waals surface area contributed by atoms with Gasteiger partial charge in [0.1, 0.15) is 22.8 Å². The molecule has 3 heterocycles. The van der Waals surface area contributed by atoms with Crippen LogP contribution in [0, 0.1) is 0 Å². The lowest BCUT2D eigenvalue weighted by atomic mass is 10.1. The van der Waals surface area contributed by atoms with E-state index in [4.69, 9.17) is 16.3 Å². The van der Waals surface area contributed by atoms with Crippen LogP contribution in [0.15, 0.2) is 36.7 Å². The molecular weight excluding hydrogens is 364 g/mol. The summed E-state index contributed by atoms with van der Waals surface area (Å²) in [6.07, 6.45) is 0.747. The van der Waals surface area contributed by atoms with E-state index in [9.17, 15) is 13.6 Å². The summed E-state index contributed by atoms with van der Waals surface area (Å²) in [5.41, 5.74) is 1.55. The predicted molar refractivity (Wildman–Crippen MR) is 93.1 cm³/mol. The number of aromatic nitrogens is 3. The molecule has 0 aliphatic heterocycles. The number of carbonyl (C=O) groups is 1. The number of alkyl halides is 3. The maximum atomic E-state index is 12.8. The summed E-state index contributed by atoms with van der Waals surface area (Å²) >= 11 is 5.81. The zero-order valence-corrected chi connectivity index (χ0v) is 14.7. The molecule has 3 aromatic rings. The van der Waals surface area contributed by atoms with Crippen LogP contribution in [0.3, 0.4) is 0 Å². The summed E-state index contributed by atoms with van der Waals surface area (Å²) in [6, 6.07) is 5.75. The van der Waals surface area contributed by atoms with Crippen LogP contribution in [-0.4, -0.2) is 26.8 Å². The second kappa shape index (κ2) is 7.78. The van der Waals surface area contributed by atoms with E-state index in [-0.39, 0.29) is 23.8 Å². The van der Waals surface area contributed by atoms with E-state index in [0.717, 1.165) is 0 Å². The van der Waals surface area contributed by atoms with E-state index >= 15 is 0 Å². The minimum absolute atomic E-state index is 0.00239. The van der Waals surface area contributed by atoms with Gasteiger partial charge in [-0.1, -0.05) is 6.07 Å². The molecule has 0 aromatic carbocycles. The number of imidazole rings is 1. The van der Waals surface area contributed by atoms with Gasteiger partial charge in [0.25, 0.3) is 6.43 Å². The third-order valence-corrected chi connectivity index (χ3v) is 4.02. The van der Waals surface area contributed by atoms with Crippen molar-refractivity contribution in [2.75, 3.05) is 6.61 Å². The van der Waals surface area contributed by atoms with Crippen molar-refractivity contribution in [2.24, 2.45) is 0 Å². The quantitative estimate of drug-likeness (QED) is 0.455. The molecule has 0 aliphatic rings. The number of Topliss-reactive ketones (excluding diaryl/α,β-unsaturated/α-hetero) is 1. The average molecular weight is 380 g/mol. The zero-order chi connectivity index (χ0) is 18.7. The van der Waals surface area contributed by atoms with Crippen LogP contribution in [0.25, 0.3) is 5.65 Å². The summed E-state index contributed by atoms with van der Waals surface area (Å²) in [6.45, 7) is 2.25. The Morgan fingerprint density at radius 1 is 1.31 bits per heavy atom. The smallest absolute Gasteiger partial charge is 0.280 e. The Balaban J connectivity index is 1.94. The maximum Gasteiger partial charge on any atom is 0.280 e. The Kier molecular flexibility index (Phi) is 5.46. The molecular formula is C18H16ClF2N3O2. The number of ketones is 1. The Morgan fingerprint density at radius 3 is 2.81 bits per heavy atom. The first-order chi connectivity index (χ1) is 12.5. The SMILES string of the molecule is CCOc1cc2nc(CCl)cn2cc1CC(=O)c1cccc(C(F)F)n1. The van der Waals surface area contributed by atoms with Gasteiger partial charge in [0, 0.05) is 30.4 Å². The standard InChI is InChI=1S/C18H16ClF2N3O2/c1-2-26-16-7-17-22-12(8-19)10-24(17)9-11(16)6-15(25)13-4-3-5-14(23-13)18(20)21/h3-5,7,9-10,18H,2,6,8H2,1H3. The Labute approximate surface area is 153 Å². The lowest BCUT2D eigenvalue weighted by molar-refractivity contribution is 0.0984. The molecule has 0 spiro atoms. The number of pyridine rings is 2. The largest absolute Gasteiger partial charge is 0.493 e. The van der Waals surface area contributed by atoms with E-state index in [1.165, 1.54) is 18.2 Å². The fraction of sp³-hybridized carbons (Fsp3) is 0.278. The van der Waals surface area contributed by atoms with Crippen molar-refractivity contribution in [3.8, 4) is 5.75 Å². The highest BCUT2D eigenvalue weighted by Crippen LogP contribution is 2.24. The van der Waals surface area contributed by atoms with Crippen LogP contribution in [0.5, 0.6) is 5.75 Å². The number of halogens is 3. The third-order valence-electron chi connectivity index (χ3n) is 3.75. The highest BCUT2D eigenvalue weighted by atomic mass is 35.5. The van der Waals surface area contributed by atoms with Gasteiger partial charge in [-0.05, 0) is 19.1 Å². The first-order valence-electron chi connectivity index (χ1n) is 7.99. The van der Waals surface area contributed by atoms with E-state index in [2.05, 4.69) is 9.97 Å². The molecule has 26 heavy (non-hydrogen) atoms. The van der Waals surface area contributed by atoms with E-state index in [0.29, 0.717) is 29.3 Å². The fourth-order valence-corrected chi connectivity index (χ4v) is 2.72. The van der Waals surface area contributed by atoms with Crippen molar-refractivity contribution in [1.29, 1.82) is 0 Å². The summed E-state index contributed by atoms with van der Waals surface area (Å²) in [4.78, 5) is 20.6. The van der Waals surface area contributed by atoms with Gasteiger partial charge in [-0.2, -0.15) is 0 Å². The summed E-state index contributed by atoms with van der Waals surface area (Å²) < 4.78 is 33.0. The van der Waals surface area contributed by atoms with Crippen LogP contribution in [0.1, 0.15) is 40.8 Å². The molecule has 8 heteroatoms. The summed E-state index contributed by atoms with van der Waals surface area (Å²) in [5, 5.41) is 0. The highest BCUT2D eigenvalue weighted by Gasteiger charge is 2.17. The van der Waals surface area contributed by atoms with Gasteiger partial charge in [0.2, 0.25) is 0 Å². The molecule has 0 bridgehead atoms. The molecule has 0 unspecified atom stereocenters. The minimum Gasteiger partial charge on any atom is -0.493 e. The van der Waals surface area contributed by atoms with Gasteiger partial charge in [0.15, 0.2) is 5.78 Å². The molecule has 0 aliphatic carbocycles. The summed E-state index contributed by atoms with van der Waals surface area (Å²) in [7, 11) is 0. The number of fused-ring (bicyclic) bond motifs is 1. The first kappa shape index (κ1) is 18.3. The monoisotopic (exact) mass is 379 g/mol. The average Bonchev–Trinajstić information content (AvgIpc) is 3.04. The van der Waals surface area contributed by atoms with E-state index in [1.807, 2.05) is 6.92 Å². The zero-order valence-electron chi connectivity index (χ0n) is 14.0. The molecule has 136 valence electrons. The second-order valence-electron chi connectivity index (χ2n) is 5.58. The molecule has 5 nitrogen and oxygen atoms in total. The molecule has 0 saturated carbocycles. The Morgan fingerprint density at radius 2 is 2.12 bits per heavy atom. The van der Waals surface area contributed by atoms with Crippen molar-refractivity contribution < 1.29 is 18.3 Å². The van der Waals surface area contributed by atoms with Crippen molar-refractivity contribution in [2.45, 2.75) is 25.7 Å². The number of hydrogen-bond donors (Lipinski definition) is 0. The van der Waals surface area contributed by atoms with Gasteiger partial charge in [0.05, 0.1) is 18.2 Å². The number of carbonyl (C=O) groups excluding carboxylic acids is 1. The van der Waals surface area contributed by atoms with E-state index < -0.39 is 12.1 Å². The number of ether oxygens (including phenoxy) is 1. The maximum absolute atomic E-state index is 12.8. The minimum atomic E-state index is -2.72. The predicted octanol–water partition coefficient (Wildman–Crippen LogP) is 4.23. The van der Waals surface area contributed by atoms with Crippen molar-refractivity contribution >= 4 is 23.0 Å². The number of hydrogen-bond acceptors (Lipinski definition) is 4. The lowest BCUT2D eigenvalue weighted by Gasteiger charge is -2.11. The molecule has 0 amide bonds. The third kappa shape index (κ3) is 3.83. The van der Waals surface area contributed by atoms with Gasteiger partial charge < -0.3 is 9.14 Å². The molecule has 0 fully saturated rings. The van der Waals surface area contributed by atoms with Gasteiger partial charge in [-0.3, -0.25) is 4.79 Å². The van der Waals surface area contributed by atoms with Crippen LogP contribution in [0.4, 0.5) is 8.78 Å². The Bertz CT molecular complexity index is 943. The van der Waals surface area contributed by atoms with Crippen LogP contribution in [0.2, 0.25) is 0 Å². The highest BCUT2D eigenvalue weighted by molar-refractivity contribution is 6.16. The molecule has 0 N–H and O–H groups in total. The van der Waals surface area contributed by atoms with Gasteiger partial charge in [-0.15, -0.1) is 11.6 Å². The number of rotatable bonds is 7. The van der Waals surface area contributed by atoms with Gasteiger partial charge in [-0.25, -0.2) is 18.7 Å². The van der Waals surface area contributed by atoms with Gasteiger partial charge >= 0.3 is 0 Å². The first-order valence-corrected chi connectivity index (χ1v) is 8.52. The molecule has 3 rings (SSSR count). The van der Waals surface area contributed by atoms with Crippen molar-refractivity contribution in [1.82, 2.24) is 14.4 Å². The number of nitrogens with zero attached hydrogens (tertiary/aromatic N) is 3. The summed E-state index contributed by atoms with van der Waals surface area (Å²) in [5.74, 6) is 0.417. The van der Waals surface area contributed by atoms with Crippen molar-refractivity contribution in [3.63, 3.8) is 0 Å². The van der Waals surface area contributed by atoms with Crippen LogP contribution < -0.4 is 4.74 Å². The molecule has 3 aromatic heterocycles. The lowest BCUT2D eigenvalue weighted by Crippen LogP contribution is -2.10. The second-order valence-corrected chi connectivity index (χ2v) is 5.84. The van der Waals surface area contributed by atoms with Crippen LogP contribution in [-0.2, 0) is 12.3 Å². The van der Waals surface area contributed by atoms with Crippen molar-refractivity contribution in [3.05, 3.63) is 59.3 Å². The normalized spacial score (nSPS) is 11.3. The topological polar surface area (TPSA) is 56.5 Å². The molecule has 0 radical (unpaired) electrons.